The van der Waals surface area contributed by atoms with Crippen molar-refractivity contribution in [1.29, 1.82) is 0 Å². The molecule has 14 heavy (non-hydrogen) atoms. The van der Waals surface area contributed by atoms with Crippen molar-refractivity contribution in [3.05, 3.63) is 23.4 Å². The van der Waals surface area contributed by atoms with Gasteiger partial charge in [0.2, 0.25) is 5.28 Å². The second kappa shape index (κ2) is 3.34. The van der Waals surface area contributed by atoms with E-state index in [0.717, 1.165) is 5.56 Å². The number of aromatic nitrogens is 5. The molecule has 0 spiro atoms. The van der Waals surface area contributed by atoms with Gasteiger partial charge in [0.05, 0.1) is 0 Å². The first-order valence-electron chi connectivity index (χ1n) is 4.02. The predicted molar refractivity (Wildman–Crippen MR) is 51.8 cm³/mol. The Balaban J connectivity index is 2.62. The molecule has 2 rings (SSSR count). The Bertz CT molecular complexity index is 465. The SMILES string of the molecule is Cc1cnc(Cl)nc1-c1ncnn1C. The van der Waals surface area contributed by atoms with E-state index in [2.05, 4.69) is 20.1 Å². The van der Waals surface area contributed by atoms with Gasteiger partial charge in [0.15, 0.2) is 5.82 Å². The van der Waals surface area contributed by atoms with Crippen molar-refractivity contribution in [2.24, 2.45) is 7.05 Å². The Morgan fingerprint density at radius 2 is 2.14 bits per heavy atom. The fourth-order valence-electron chi connectivity index (χ4n) is 1.16. The standard InChI is InChI=1S/C8H8ClN5/c1-5-3-10-8(9)13-6(5)7-11-4-12-14(7)2/h3-4H,1-2H3. The molecule has 0 saturated heterocycles. The second-order valence-electron chi connectivity index (χ2n) is 2.88. The quantitative estimate of drug-likeness (QED) is 0.663. The van der Waals surface area contributed by atoms with Gasteiger partial charge in [-0.2, -0.15) is 5.10 Å². The molecule has 0 unspecified atom stereocenters. The molecule has 0 aliphatic rings. The first-order chi connectivity index (χ1) is 6.68. The van der Waals surface area contributed by atoms with E-state index in [1.54, 1.807) is 17.9 Å². The number of hydrogen-bond donors (Lipinski definition) is 0. The van der Waals surface area contributed by atoms with Gasteiger partial charge < -0.3 is 0 Å². The number of hydrogen-bond acceptors (Lipinski definition) is 4. The van der Waals surface area contributed by atoms with E-state index in [4.69, 9.17) is 11.6 Å². The molecule has 72 valence electrons. The molecule has 0 N–H and O–H groups in total. The molecule has 0 saturated carbocycles. The highest BCUT2D eigenvalue weighted by Gasteiger charge is 2.10. The molecule has 0 bridgehead atoms. The molecule has 0 aromatic carbocycles. The Labute approximate surface area is 85.8 Å². The van der Waals surface area contributed by atoms with E-state index in [-0.39, 0.29) is 5.28 Å². The lowest BCUT2D eigenvalue weighted by atomic mass is 10.2. The summed E-state index contributed by atoms with van der Waals surface area (Å²) in [7, 11) is 1.80. The van der Waals surface area contributed by atoms with Gasteiger partial charge in [0.25, 0.3) is 0 Å². The maximum atomic E-state index is 5.71. The van der Waals surface area contributed by atoms with Crippen LogP contribution in [0.3, 0.4) is 0 Å². The zero-order chi connectivity index (χ0) is 10.1. The minimum absolute atomic E-state index is 0.216. The van der Waals surface area contributed by atoms with Crippen LogP contribution in [0.5, 0.6) is 0 Å². The lowest BCUT2D eigenvalue weighted by Gasteiger charge is -2.02. The van der Waals surface area contributed by atoms with Crippen molar-refractivity contribution in [3.63, 3.8) is 0 Å². The lowest BCUT2D eigenvalue weighted by Crippen LogP contribution is -1.99. The largest absolute Gasteiger partial charge is 0.248 e. The van der Waals surface area contributed by atoms with Crippen LogP contribution in [0, 0.1) is 6.92 Å². The number of halogens is 1. The zero-order valence-corrected chi connectivity index (χ0v) is 8.52. The zero-order valence-electron chi connectivity index (χ0n) is 7.77. The average Bonchev–Trinajstić information content (AvgIpc) is 2.56. The average molecular weight is 210 g/mol. The summed E-state index contributed by atoms with van der Waals surface area (Å²) >= 11 is 5.71. The molecule has 2 heterocycles. The molecule has 0 aliphatic carbocycles. The van der Waals surface area contributed by atoms with E-state index >= 15 is 0 Å². The van der Waals surface area contributed by atoms with Gasteiger partial charge in [-0.3, -0.25) is 0 Å². The van der Waals surface area contributed by atoms with Crippen molar-refractivity contribution in [3.8, 4) is 11.5 Å². The normalized spacial score (nSPS) is 10.5. The molecule has 0 amide bonds. The highest BCUT2D eigenvalue weighted by atomic mass is 35.5. The van der Waals surface area contributed by atoms with Crippen molar-refractivity contribution >= 4 is 11.6 Å². The molecule has 0 atom stereocenters. The van der Waals surface area contributed by atoms with Gasteiger partial charge in [-0.15, -0.1) is 0 Å². The third-order valence-electron chi connectivity index (χ3n) is 1.87. The first kappa shape index (κ1) is 9.08. The lowest BCUT2D eigenvalue weighted by molar-refractivity contribution is 0.770. The summed E-state index contributed by atoms with van der Waals surface area (Å²) in [5.41, 5.74) is 1.63. The molecule has 0 radical (unpaired) electrons. The maximum Gasteiger partial charge on any atom is 0.223 e. The predicted octanol–water partition coefficient (Wildman–Crippen LogP) is 1.23. The summed E-state index contributed by atoms with van der Waals surface area (Å²) < 4.78 is 1.64. The number of nitrogens with zero attached hydrogens (tertiary/aromatic N) is 5. The van der Waals surface area contributed by atoms with E-state index in [1.807, 2.05) is 6.92 Å². The van der Waals surface area contributed by atoms with Crippen LogP contribution < -0.4 is 0 Å². The Kier molecular flexibility index (Phi) is 2.17. The maximum absolute atomic E-state index is 5.71. The van der Waals surface area contributed by atoms with Gasteiger partial charge in [-0.1, -0.05) is 0 Å². The third-order valence-corrected chi connectivity index (χ3v) is 2.05. The summed E-state index contributed by atoms with van der Waals surface area (Å²) in [6.07, 6.45) is 3.14. The van der Waals surface area contributed by atoms with E-state index in [1.165, 1.54) is 6.33 Å². The Hall–Kier alpha value is -1.49. The summed E-state index contributed by atoms with van der Waals surface area (Å²) in [6, 6.07) is 0. The monoisotopic (exact) mass is 209 g/mol. The van der Waals surface area contributed by atoms with Crippen LogP contribution in [-0.2, 0) is 7.05 Å². The van der Waals surface area contributed by atoms with Crippen LogP contribution in [0.4, 0.5) is 0 Å². The van der Waals surface area contributed by atoms with Crippen LogP contribution in [0.25, 0.3) is 11.5 Å². The number of aryl methyl sites for hydroxylation is 2. The van der Waals surface area contributed by atoms with Crippen molar-refractivity contribution in [2.75, 3.05) is 0 Å². The summed E-state index contributed by atoms with van der Waals surface area (Å²) in [5, 5.41) is 4.18. The molecule has 0 fully saturated rings. The highest BCUT2D eigenvalue weighted by Crippen LogP contribution is 2.18. The topological polar surface area (TPSA) is 56.5 Å². The van der Waals surface area contributed by atoms with E-state index in [0.29, 0.717) is 11.5 Å². The third kappa shape index (κ3) is 1.46. The molecular weight excluding hydrogens is 202 g/mol. The summed E-state index contributed by atoms with van der Waals surface area (Å²) in [6.45, 7) is 1.90. The second-order valence-corrected chi connectivity index (χ2v) is 3.22. The number of rotatable bonds is 1. The first-order valence-corrected chi connectivity index (χ1v) is 4.40. The van der Waals surface area contributed by atoms with Crippen molar-refractivity contribution in [2.45, 2.75) is 6.92 Å². The summed E-state index contributed by atoms with van der Waals surface area (Å²) in [5.74, 6) is 0.687. The highest BCUT2D eigenvalue weighted by molar-refractivity contribution is 6.28. The fourth-order valence-corrected chi connectivity index (χ4v) is 1.29. The summed E-state index contributed by atoms with van der Waals surface area (Å²) in [4.78, 5) is 12.1. The Morgan fingerprint density at radius 1 is 1.36 bits per heavy atom. The van der Waals surface area contributed by atoms with Crippen LogP contribution in [0.15, 0.2) is 12.5 Å². The Morgan fingerprint density at radius 3 is 2.79 bits per heavy atom. The minimum Gasteiger partial charge on any atom is -0.248 e. The van der Waals surface area contributed by atoms with Crippen LogP contribution in [-0.4, -0.2) is 24.7 Å². The van der Waals surface area contributed by atoms with Crippen LogP contribution in [0.2, 0.25) is 5.28 Å². The van der Waals surface area contributed by atoms with Gasteiger partial charge in [0.1, 0.15) is 12.0 Å². The molecule has 6 heteroatoms. The van der Waals surface area contributed by atoms with Crippen molar-refractivity contribution < 1.29 is 0 Å². The molecular formula is C8H8ClN5. The smallest absolute Gasteiger partial charge is 0.223 e. The van der Waals surface area contributed by atoms with E-state index < -0.39 is 0 Å². The molecule has 0 aliphatic heterocycles. The minimum atomic E-state index is 0.216. The van der Waals surface area contributed by atoms with Gasteiger partial charge >= 0.3 is 0 Å². The molecule has 5 nitrogen and oxygen atoms in total. The molecule has 2 aromatic rings. The van der Waals surface area contributed by atoms with Gasteiger partial charge in [-0.25, -0.2) is 19.6 Å². The van der Waals surface area contributed by atoms with Crippen LogP contribution >= 0.6 is 11.6 Å². The van der Waals surface area contributed by atoms with Crippen molar-refractivity contribution in [1.82, 2.24) is 24.7 Å². The fraction of sp³-hybridized carbons (Fsp3) is 0.250. The van der Waals surface area contributed by atoms with Gasteiger partial charge in [0, 0.05) is 13.2 Å². The van der Waals surface area contributed by atoms with E-state index in [9.17, 15) is 0 Å². The van der Waals surface area contributed by atoms with Gasteiger partial charge in [-0.05, 0) is 24.1 Å². The molecule has 2 aromatic heterocycles. The van der Waals surface area contributed by atoms with Crippen LogP contribution in [0.1, 0.15) is 5.56 Å².